The van der Waals surface area contributed by atoms with Crippen molar-refractivity contribution in [1.29, 1.82) is 0 Å². The Bertz CT molecular complexity index is 358. The molecule has 0 aliphatic carbocycles. The van der Waals surface area contributed by atoms with Crippen molar-refractivity contribution in [2.75, 3.05) is 7.05 Å². The smallest absolute Gasteiger partial charge is 0.307 e. The summed E-state index contributed by atoms with van der Waals surface area (Å²) in [6.07, 6.45) is 1.01. The van der Waals surface area contributed by atoms with E-state index in [4.69, 9.17) is 5.11 Å². The van der Waals surface area contributed by atoms with E-state index in [-0.39, 0.29) is 12.3 Å². The first-order valence-corrected chi connectivity index (χ1v) is 5.89. The molecule has 0 amide bonds. The minimum atomic E-state index is -0.790. The van der Waals surface area contributed by atoms with Crippen molar-refractivity contribution in [3.8, 4) is 0 Å². The number of rotatable bonds is 5. The van der Waals surface area contributed by atoms with E-state index in [0.717, 1.165) is 24.0 Å². The lowest BCUT2D eigenvalue weighted by molar-refractivity contribution is -0.136. The number of carbonyl (C=O) groups excluding carboxylic acids is 1. The van der Waals surface area contributed by atoms with Crippen LogP contribution < -0.4 is 5.32 Å². The van der Waals surface area contributed by atoms with Gasteiger partial charge >= 0.3 is 5.97 Å². The van der Waals surface area contributed by atoms with Gasteiger partial charge in [-0.2, -0.15) is 0 Å². The molecule has 18 heavy (non-hydrogen) atoms. The van der Waals surface area contributed by atoms with E-state index in [1.165, 1.54) is 0 Å². The van der Waals surface area contributed by atoms with E-state index in [9.17, 15) is 9.59 Å². The van der Waals surface area contributed by atoms with Crippen LogP contribution in [-0.4, -0.2) is 24.4 Å². The van der Waals surface area contributed by atoms with Gasteiger partial charge in [0, 0.05) is 12.5 Å². The molecule has 0 bridgehead atoms. The van der Waals surface area contributed by atoms with Crippen LogP contribution in [0.2, 0.25) is 0 Å². The lowest BCUT2D eigenvalue weighted by Gasteiger charge is -2.01. The Hall–Kier alpha value is -1.68. The number of benzene rings is 1. The van der Waals surface area contributed by atoms with Crippen LogP contribution in [0.1, 0.15) is 25.0 Å². The number of hydrogen-bond donors (Lipinski definition) is 2. The number of aldehydes is 1. The van der Waals surface area contributed by atoms with E-state index >= 15 is 0 Å². The number of carboxylic acids is 1. The molecule has 0 saturated heterocycles. The van der Waals surface area contributed by atoms with Gasteiger partial charge in [-0.25, -0.2) is 0 Å². The quantitative estimate of drug-likeness (QED) is 0.784. The Balaban J connectivity index is 0.000000494. The molecule has 0 unspecified atom stereocenters. The highest BCUT2D eigenvalue weighted by atomic mass is 16.4. The minimum absolute atomic E-state index is 0.0971. The molecule has 0 radical (unpaired) electrons. The molecule has 0 aliphatic heterocycles. The van der Waals surface area contributed by atoms with Gasteiger partial charge in [0.1, 0.15) is 6.29 Å². The number of aliphatic carboxylic acids is 1. The highest BCUT2D eigenvalue weighted by Crippen LogP contribution is 2.04. The molecule has 0 saturated carbocycles. The summed E-state index contributed by atoms with van der Waals surface area (Å²) in [5.74, 6) is -0.587. The van der Waals surface area contributed by atoms with Gasteiger partial charge in [0.2, 0.25) is 0 Å². The number of nitrogens with one attached hydrogen (secondary N) is 1. The van der Waals surface area contributed by atoms with Crippen molar-refractivity contribution in [2.24, 2.45) is 5.92 Å². The van der Waals surface area contributed by atoms with Gasteiger partial charge in [0.05, 0.1) is 6.42 Å². The normalized spacial score (nSPS) is 9.56. The monoisotopic (exact) mass is 251 g/mol. The Labute approximate surface area is 108 Å². The summed E-state index contributed by atoms with van der Waals surface area (Å²) in [5.41, 5.74) is 2.00. The topological polar surface area (TPSA) is 66.4 Å². The molecule has 1 aromatic carbocycles. The van der Waals surface area contributed by atoms with Crippen molar-refractivity contribution >= 4 is 12.3 Å². The van der Waals surface area contributed by atoms with Crippen molar-refractivity contribution in [3.05, 3.63) is 35.4 Å². The molecule has 1 rings (SSSR count). The Morgan fingerprint density at radius 1 is 1.28 bits per heavy atom. The van der Waals surface area contributed by atoms with E-state index in [1.54, 1.807) is 0 Å². The molecule has 0 spiro atoms. The third kappa shape index (κ3) is 8.47. The second-order valence-corrected chi connectivity index (χ2v) is 4.30. The average Bonchev–Trinajstić information content (AvgIpc) is 2.32. The Morgan fingerprint density at radius 3 is 2.06 bits per heavy atom. The molecular weight excluding hydrogens is 230 g/mol. The van der Waals surface area contributed by atoms with Crippen LogP contribution >= 0.6 is 0 Å². The lowest BCUT2D eigenvalue weighted by atomic mass is 10.1. The maximum atomic E-state index is 10.4. The third-order valence-electron chi connectivity index (χ3n) is 2.03. The summed E-state index contributed by atoms with van der Waals surface area (Å²) in [5, 5.41) is 11.6. The maximum absolute atomic E-state index is 10.4. The summed E-state index contributed by atoms with van der Waals surface area (Å²) >= 11 is 0. The largest absolute Gasteiger partial charge is 0.481 e. The predicted molar refractivity (Wildman–Crippen MR) is 71.4 cm³/mol. The van der Waals surface area contributed by atoms with Crippen LogP contribution in [0.4, 0.5) is 0 Å². The van der Waals surface area contributed by atoms with Crippen molar-refractivity contribution in [1.82, 2.24) is 5.32 Å². The predicted octanol–water partition coefficient (Wildman–Crippen LogP) is 1.87. The maximum Gasteiger partial charge on any atom is 0.307 e. The summed E-state index contributed by atoms with van der Waals surface area (Å²) in [6.45, 7) is 4.52. The van der Waals surface area contributed by atoms with Gasteiger partial charge in [0.15, 0.2) is 0 Å². The first kappa shape index (κ1) is 16.3. The van der Waals surface area contributed by atoms with Crippen molar-refractivity contribution < 1.29 is 14.7 Å². The van der Waals surface area contributed by atoms with E-state index in [1.807, 2.05) is 45.2 Å². The molecule has 0 heterocycles. The van der Waals surface area contributed by atoms with Gasteiger partial charge in [-0.05, 0) is 18.2 Å². The molecule has 0 aromatic heterocycles. The van der Waals surface area contributed by atoms with Gasteiger partial charge < -0.3 is 15.2 Å². The average molecular weight is 251 g/mol. The zero-order chi connectivity index (χ0) is 14.0. The molecular formula is C14H21NO3. The number of hydrogen-bond acceptors (Lipinski definition) is 3. The minimum Gasteiger partial charge on any atom is -0.481 e. The molecule has 1 aromatic rings. The summed E-state index contributed by atoms with van der Waals surface area (Å²) in [4.78, 5) is 19.9. The SMILES string of the molecule is CC(C)C=O.CNCc1ccc(CC(=O)O)cc1. The third-order valence-corrected chi connectivity index (χ3v) is 2.03. The second kappa shape index (κ2) is 9.36. The van der Waals surface area contributed by atoms with Crippen molar-refractivity contribution in [2.45, 2.75) is 26.8 Å². The molecule has 0 atom stereocenters. The summed E-state index contributed by atoms with van der Waals surface area (Å²) in [6, 6.07) is 7.57. The van der Waals surface area contributed by atoms with Gasteiger partial charge in [-0.3, -0.25) is 4.79 Å². The second-order valence-electron chi connectivity index (χ2n) is 4.30. The highest BCUT2D eigenvalue weighted by Gasteiger charge is 1.99. The highest BCUT2D eigenvalue weighted by molar-refractivity contribution is 5.70. The number of carboxylic acid groups (broad SMARTS) is 1. The van der Waals surface area contributed by atoms with Crippen LogP contribution in [-0.2, 0) is 22.6 Å². The molecule has 100 valence electrons. The molecule has 4 nitrogen and oxygen atoms in total. The van der Waals surface area contributed by atoms with Gasteiger partial charge in [0.25, 0.3) is 0 Å². The zero-order valence-corrected chi connectivity index (χ0v) is 11.1. The van der Waals surface area contributed by atoms with Crippen LogP contribution in [0.5, 0.6) is 0 Å². The zero-order valence-electron chi connectivity index (χ0n) is 11.1. The van der Waals surface area contributed by atoms with Crippen LogP contribution in [0.15, 0.2) is 24.3 Å². The number of carbonyl (C=O) groups is 2. The first-order valence-electron chi connectivity index (χ1n) is 5.89. The van der Waals surface area contributed by atoms with Crippen LogP contribution in [0, 0.1) is 5.92 Å². The standard InChI is InChI=1S/C10H13NO2.C4H8O/c1-11-7-9-4-2-8(3-5-9)6-10(12)13;1-4(2)3-5/h2-5,11H,6-7H2,1H3,(H,12,13);3-4H,1-2H3. The fraction of sp³-hybridized carbons (Fsp3) is 0.429. The fourth-order valence-corrected chi connectivity index (χ4v) is 1.15. The fourth-order valence-electron chi connectivity index (χ4n) is 1.15. The Morgan fingerprint density at radius 2 is 1.72 bits per heavy atom. The van der Waals surface area contributed by atoms with E-state index < -0.39 is 5.97 Å². The first-order chi connectivity index (χ1) is 8.49. The van der Waals surface area contributed by atoms with Crippen LogP contribution in [0.25, 0.3) is 0 Å². The van der Waals surface area contributed by atoms with Gasteiger partial charge in [-0.1, -0.05) is 38.1 Å². The molecule has 4 heteroatoms. The molecule has 0 aliphatic rings. The molecule has 2 N–H and O–H groups in total. The molecule has 0 fully saturated rings. The van der Waals surface area contributed by atoms with Crippen LogP contribution in [0.3, 0.4) is 0 Å². The summed E-state index contributed by atoms with van der Waals surface area (Å²) in [7, 11) is 1.88. The summed E-state index contributed by atoms with van der Waals surface area (Å²) < 4.78 is 0. The van der Waals surface area contributed by atoms with Crippen molar-refractivity contribution in [3.63, 3.8) is 0 Å². The lowest BCUT2D eigenvalue weighted by Crippen LogP contribution is -2.05. The van der Waals surface area contributed by atoms with E-state index in [0.29, 0.717) is 0 Å². The Kier molecular flexibility index (Phi) is 8.49. The van der Waals surface area contributed by atoms with E-state index in [2.05, 4.69) is 5.32 Å². The van der Waals surface area contributed by atoms with Gasteiger partial charge in [-0.15, -0.1) is 0 Å².